The molecule has 7 heteroatoms. The summed E-state index contributed by atoms with van der Waals surface area (Å²) in [6.07, 6.45) is 0. The van der Waals surface area contributed by atoms with Gasteiger partial charge in [-0.25, -0.2) is 0 Å². The standard InChI is InChI=1S/C18H16N4O2S/c1-12(19-17(24)14-10-6-3-7-11-14)16(23)21-18-20-15(22-25-18)13-8-4-2-5-9-13/h2-12H,1H3,(H,19,24)(H,20,21,22,23). The predicted octanol–water partition coefficient (Wildman–Crippen LogP) is 2.96. The molecule has 1 atom stereocenters. The molecule has 3 rings (SSSR count). The third-order valence-corrected chi connectivity index (χ3v) is 4.10. The highest BCUT2D eigenvalue weighted by Gasteiger charge is 2.18. The molecule has 6 nitrogen and oxygen atoms in total. The van der Waals surface area contributed by atoms with E-state index in [1.54, 1.807) is 31.2 Å². The van der Waals surface area contributed by atoms with Crippen LogP contribution in [0.2, 0.25) is 0 Å². The van der Waals surface area contributed by atoms with Crippen LogP contribution < -0.4 is 10.6 Å². The lowest BCUT2D eigenvalue weighted by atomic mass is 10.2. The average molecular weight is 352 g/mol. The number of carbonyl (C=O) groups is 2. The first-order valence-corrected chi connectivity index (χ1v) is 8.47. The number of nitrogens with one attached hydrogen (secondary N) is 2. The highest BCUT2D eigenvalue weighted by atomic mass is 32.1. The lowest BCUT2D eigenvalue weighted by molar-refractivity contribution is -0.117. The van der Waals surface area contributed by atoms with Crippen molar-refractivity contribution in [1.29, 1.82) is 0 Å². The molecule has 2 amide bonds. The Morgan fingerprint density at radius 3 is 2.32 bits per heavy atom. The van der Waals surface area contributed by atoms with E-state index in [2.05, 4.69) is 20.0 Å². The molecule has 1 heterocycles. The molecule has 0 bridgehead atoms. The molecule has 0 spiro atoms. The van der Waals surface area contributed by atoms with Crippen molar-refractivity contribution in [3.05, 3.63) is 66.2 Å². The second-order valence-electron chi connectivity index (χ2n) is 5.34. The van der Waals surface area contributed by atoms with Crippen molar-refractivity contribution in [2.45, 2.75) is 13.0 Å². The molecular weight excluding hydrogens is 336 g/mol. The van der Waals surface area contributed by atoms with Crippen LogP contribution in [0.5, 0.6) is 0 Å². The Kier molecular flexibility index (Phi) is 5.15. The van der Waals surface area contributed by atoms with Gasteiger partial charge in [-0.15, -0.1) is 0 Å². The molecule has 0 aliphatic rings. The van der Waals surface area contributed by atoms with E-state index in [9.17, 15) is 9.59 Å². The maximum absolute atomic E-state index is 12.2. The number of carbonyl (C=O) groups excluding carboxylic acids is 2. The minimum Gasteiger partial charge on any atom is -0.341 e. The number of hydrogen-bond donors (Lipinski definition) is 2. The second kappa shape index (κ2) is 7.67. The molecule has 25 heavy (non-hydrogen) atoms. The van der Waals surface area contributed by atoms with E-state index in [-0.39, 0.29) is 11.8 Å². The second-order valence-corrected chi connectivity index (χ2v) is 6.09. The molecule has 1 aromatic heterocycles. The van der Waals surface area contributed by atoms with E-state index < -0.39 is 6.04 Å². The van der Waals surface area contributed by atoms with Gasteiger partial charge in [-0.3, -0.25) is 14.9 Å². The number of anilines is 1. The summed E-state index contributed by atoms with van der Waals surface area (Å²) in [4.78, 5) is 28.6. The largest absolute Gasteiger partial charge is 0.341 e. The minimum atomic E-state index is -0.697. The van der Waals surface area contributed by atoms with Gasteiger partial charge in [0.15, 0.2) is 5.82 Å². The van der Waals surface area contributed by atoms with Crippen LogP contribution in [0.4, 0.5) is 5.13 Å². The number of amides is 2. The monoisotopic (exact) mass is 352 g/mol. The molecule has 3 aromatic rings. The van der Waals surface area contributed by atoms with E-state index in [1.165, 1.54) is 0 Å². The Morgan fingerprint density at radius 1 is 1.00 bits per heavy atom. The third kappa shape index (κ3) is 4.27. The summed E-state index contributed by atoms with van der Waals surface area (Å²) in [5, 5.41) is 5.73. The van der Waals surface area contributed by atoms with Crippen molar-refractivity contribution in [2.24, 2.45) is 0 Å². The zero-order valence-electron chi connectivity index (χ0n) is 13.5. The summed E-state index contributed by atoms with van der Waals surface area (Å²) in [5.74, 6) is -0.0904. The fourth-order valence-corrected chi connectivity index (χ4v) is 2.72. The summed E-state index contributed by atoms with van der Waals surface area (Å²) in [6.45, 7) is 1.62. The molecular formula is C18H16N4O2S. The Hall–Kier alpha value is -3.06. The van der Waals surface area contributed by atoms with Gasteiger partial charge in [-0.1, -0.05) is 48.5 Å². The Balaban J connectivity index is 1.60. The molecule has 126 valence electrons. The first-order chi connectivity index (χ1) is 12.1. The van der Waals surface area contributed by atoms with Crippen LogP contribution in [0.25, 0.3) is 11.4 Å². The van der Waals surface area contributed by atoms with Gasteiger partial charge in [0.2, 0.25) is 11.0 Å². The SMILES string of the molecule is CC(NC(=O)c1ccccc1)C(=O)Nc1nc(-c2ccccc2)ns1. The van der Waals surface area contributed by atoms with Crippen LogP contribution in [-0.2, 0) is 4.79 Å². The molecule has 2 N–H and O–H groups in total. The van der Waals surface area contributed by atoms with Gasteiger partial charge in [0.1, 0.15) is 6.04 Å². The summed E-state index contributed by atoms with van der Waals surface area (Å²) >= 11 is 1.10. The Bertz CT molecular complexity index is 865. The van der Waals surface area contributed by atoms with Crippen LogP contribution in [0.15, 0.2) is 60.7 Å². The van der Waals surface area contributed by atoms with Crippen LogP contribution in [-0.4, -0.2) is 27.2 Å². The van der Waals surface area contributed by atoms with Crippen LogP contribution in [0, 0.1) is 0 Å². The molecule has 1 unspecified atom stereocenters. The fourth-order valence-electron chi connectivity index (χ4n) is 2.13. The summed E-state index contributed by atoms with van der Waals surface area (Å²) in [7, 11) is 0. The maximum Gasteiger partial charge on any atom is 0.251 e. The average Bonchev–Trinajstić information content (AvgIpc) is 3.11. The predicted molar refractivity (Wildman–Crippen MR) is 97.3 cm³/mol. The van der Waals surface area contributed by atoms with Crippen molar-refractivity contribution in [3.8, 4) is 11.4 Å². The molecule has 0 aliphatic carbocycles. The first-order valence-electron chi connectivity index (χ1n) is 7.69. The summed E-state index contributed by atoms with van der Waals surface area (Å²) < 4.78 is 4.24. The van der Waals surface area contributed by atoms with Crippen LogP contribution in [0.1, 0.15) is 17.3 Å². The Labute approximate surface area is 149 Å². The van der Waals surface area contributed by atoms with Gasteiger partial charge in [-0.05, 0) is 19.1 Å². The third-order valence-electron chi connectivity index (χ3n) is 3.47. The summed E-state index contributed by atoms with van der Waals surface area (Å²) in [6, 6.07) is 17.6. The van der Waals surface area contributed by atoms with Gasteiger partial charge in [0.25, 0.3) is 5.91 Å². The highest BCUT2D eigenvalue weighted by Crippen LogP contribution is 2.20. The molecule has 0 saturated heterocycles. The lowest BCUT2D eigenvalue weighted by Crippen LogP contribution is -2.41. The van der Waals surface area contributed by atoms with E-state index in [1.807, 2.05) is 36.4 Å². The number of hydrogen-bond acceptors (Lipinski definition) is 5. The van der Waals surface area contributed by atoms with Crippen molar-refractivity contribution in [2.75, 3.05) is 5.32 Å². The number of rotatable bonds is 5. The molecule has 0 aliphatic heterocycles. The maximum atomic E-state index is 12.2. The number of nitrogens with zero attached hydrogens (tertiary/aromatic N) is 2. The topological polar surface area (TPSA) is 84.0 Å². The molecule has 0 radical (unpaired) electrons. The van der Waals surface area contributed by atoms with E-state index >= 15 is 0 Å². The van der Waals surface area contributed by atoms with Gasteiger partial charge < -0.3 is 5.32 Å². The van der Waals surface area contributed by atoms with Crippen molar-refractivity contribution >= 4 is 28.5 Å². The zero-order valence-corrected chi connectivity index (χ0v) is 14.3. The van der Waals surface area contributed by atoms with Gasteiger partial charge in [-0.2, -0.15) is 9.36 Å². The van der Waals surface area contributed by atoms with Crippen LogP contribution in [0.3, 0.4) is 0 Å². The van der Waals surface area contributed by atoms with E-state index in [0.29, 0.717) is 16.5 Å². The normalized spacial score (nSPS) is 11.6. The highest BCUT2D eigenvalue weighted by molar-refractivity contribution is 7.10. The van der Waals surface area contributed by atoms with Crippen LogP contribution >= 0.6 is 11.5 Å². The summed E-state index contributed by atoms with van der Waals surface area (Å²) in [5.41, 5.74) is 1.38. The first kappa shape index (κ1) is 16.8. The number of aromatic nitrogens is 2. The lowest BCUT2D eigenvalue weighted by Gasteiger charge is -2.12. The smallest absolute Gasteiger partial charge is 0.251 e. The van der Waals surface area contributed by atoms with E-state index in [4.69, 9.17) is 0 Å². The molecule has 0 fully saturated rings. The van der Waals surface area contributed by atoms with Crippen molar-refractivity contribution in [1.82, 2.24) is 14.7 Å². The van der Waals surface area contributed by atoms with Gasteiger partial charge in [0, 0.05) is 22.7 Å². The fraction of sp³-hybridized carbons (Fsp3) is 0.111. The van der Waals surface area contributed by atoms with Gasteiger partial charge >= 0.3 is 0 Å². The van der Waals surface area contributed by atoms with Crippen molar-refractivity contribution < 1.29 is 9.59 Å². The van der Waals surface area contributed by atoms with Crippen molar-refractivity contribution in [3.63, 3.8) is 0 Å². The molecule has 2 aromatic carbocycles. The molecule has 0 saturated carbocycles. The number of benzene rings is 2. The van der Waals surface area contributed by atoms with E-state index in [0.717, 1.165) is 17.1 Å². The zero-order chi connectivity index (χ0) is 17.6. The quantitative estimate of drug-likeness (QED) is 0.739. The minimum absolute atomic E-state index is 0.300. The Morgan fingerprint density at radius 2 is 1.64 bits per heavy atom. The van der Waals surface area contributed by atoms with Gasteiger partial charge in [0.05, 0.1) is 0 Å².